The van der Waals surface area contributed by atoms with Crippen LogP contribution < -0.4 is 5.32 Å². The zero-order valence-corrected chi connectivity index (χ0v) is 12.1. The summed E-state index contributed by atoms with van der Waals surface area (Å²) in [6.07, 6.45) is 3.74. The number of rotatable bonds is 6. The van der Waals surface area contributed by atoms with Crippen LogP contribution in [-0.2, 0) is 6.42 Å². The van der Waals surface area contributed by atoms with Gasteiger partial charge in [0.2, 0.25) is 0 Å². The molecule has 2 rings (SSSR count). The van der Waals surface area contributed by atoms with Gasteiger partial charge in [-0.2, -0.15) is 0 Å². The molecule has 0 spiro atoms. The summed E-state index contributed by atoms with van der Waals surface area (Å²) in [5.41, 5.74) is 1.18. The van der Waals surface area contributed by atoms with E-state index in [1.807, 2.05) is 18.2 Å². The number of pyridine rings is 2. The number of amides is 1. The van der Waals surface area contributed by atoms with Crippen LogP contribution in [0.15, 0.2) is 42.7 Å². The number of aromatic nitrogens is 2. The fourth-order valence-electron chi connectivity index (χ4n) is 1.85. The van der Waals surface area contributed by atoms with Crippen LogP contribution in [0, 0.1) is 5.92 Å². The Bertz CT molecular complexity index is 575. The fourth-order valence-corrected chi connectivity index (χ4v) is 1.97. The average molecular weight is 306 g/mol. The summed E-state index contributed by atoms with van der Waals surface area (Å²) in [4.78, 5) is 20.1. The van der Waals surface area contributed by atoms with Gasteiger partial charge in [-0.1, -0.05) is 17.7 Å². The van der Waals surface area contributed by atoms with Crippen molar-refractivity contribution < 1.29 is 9.90 Å². The summed E-state index contributed by atoms with van der Waals surface area (Å²) in [5, 5.41) is 12.6. The number of halogens is 1. The van der Waals surface area contributed by atoms with Gasteiger partial charge < -0.3 is 10.4 Å². The molecule has 110 valence electrons. The molecule has 0 radical (unpaired) electrons. The van der Waals surface area contributed by atoms with E-state index < -0.39 is 0 Å². The van der Waals surface area contributed by atoms with Crippen LogP contribution in [0.1, 0.15) is 16.2 Å². The maximum atomic E-state index is 11.9. The van der Waals surface area contributed by atoms with Crippen molar-refractivity contribution >= 4 is 17.5 Å². The number of nitrogens with one attached hydrogen (secondary N) is 1. The number of carbonyl (C=O) groups excluding carboxylic acids is 1. The number of hydrogen-bond acceptors (Lipinski definition) is 4. The van der Waals surface area contributed by atoms with E-state index in [0.29, 0.717) is 23.7 Å². The lowest BCUT2D eigenvalue weighted by Crippen LogP contribution is -2.32. The van der Waals surface area contributed by atoms with Gasteiger partial charge in [-0.05, 0) is 30.7 Å². The second kappa shape index (κ2) is 7.71. The molecule has 2 N–H and O–H groups in total. The van der Waals surface area contributed by atoms with Crippen LogP contribution in [0.2, 0.25) is 5.02 Å². The highest BCUT2D eigenvalue weighted by Crippen LogP contribution is 2.07. The number of carbonyl (C=O) groups is 1. The number of hydrogen-bond donors (Lipinski definition) is 2. The molecule has 0 fully saturated rings. The van der Waals surface area contributed by atoms with Crippen molar-refractivity contribution in [1.82, 2.24) is 15.3 Å². The highest BCUT2D eigenvalue weighted by atomic mass is 35.5. The molecule has 0 aliphatic heterocycles. The van der Waals surface area contributed by atoms with Gasteiger partial charge in [-0.25, -0.2) is 4.98 Å². The molecule has 2 aromatic heterocycles. The lowest BCUT2D eigenvalue weighted by Gasteiger charge is -2.14. The molecule has 1 atom stereocenters. The van der Waals surface area contributed by atoms with E-state index in [2.05, 4.69) is 15.3 Å². The minimum absolute atomic E-state index is 0.0229. The molecule has 0 aliphatic rings. The Kier molecular flexibility index (Phi) is 5.66. The standard InChI is InChI=1S/C15H16ClN3O2/c16-12-4-5-14(18-9-12)15(21)19-8-11(10-20)7-13-3-1-2-6-17-13/h1-6,9,11,20H,7-8,10H2,(H,19,21)/t11-/m0/s1. The Morgan fingerprint density at radius 3 is 2.76 bits per heavy atom. The van der Waals surface area contributed by atoms with Crippen molar-refractivity contribution in [2.24, 2.45) is 5.92 Å². The van der Waals surface area contributed by atoms with Crippen molar-refractivity contribution in [3.05, 3.63) is 59.1 Å². The Morgan fingerprint density at radius 1 is 1.29 bits per heavy atom. The van der Waals surface area contributed by atoms with Gasteiger partial charge in [-0.3, -0.25) is 9.78 Å². The molecule has 5 nitrogen and oxygen atoms in total. The molecule has 21 heavy (non-hydrogen) atoms. The van der Waals surface area contributed by atoms with Crippen LogP contribution >= 0.6 is 11.6 Å². The number of nitrogens with zero attached hydrogens (tertiary/aromatic N) is 2. The summed E-state index contributed by atoms with van der Waals surface area (Å²) in [7, 11) is 0. The van der Waals surface area contributed by atoms with Gasteiger partial charge in [0.25, 0.3) is 5.91 Å². The molecule has 0 aromatic carbocycles. The lowest BCUT2D eigenvalue weighted by molar-refractivity contribution is 0.0935. The van der Waals surface area contributed by atoms with Gasteiger partial charge in [0.1, 0.15) is 5.69 Å². The SMILES string of the molecule is O=C(NC[C@@H](CO)Cc1ccccn1)c1ccc(Cl)cn1. The average Bonchev–Trinajstić information content (AvgIpc) is 2.52. The second-order valence-corrected chi connectivity index (χ2v) is 5.08. The predicted molar refractivity (Wildman–Crippen MR) is 80.1 cm³/mol. The molecular weight excluding hydrogens is 290 g/mol. The molecule has 0 unspecified atom stereocenters. The normalized spacial score (nSPS) is 11.9. The smallest absolute Gasteiger partial charge is 0.269 e. The third kappa shape index (κ3) is 4.81. The van der Waals surface area contributed by atoms with Gasteiger partial charge in [0.05, 0.1) is 5.02 Å². The number of aliphatic hydroxyl groups is 1. The van der Waals surface area contributed by atoms with Gasteiger partial charge >= 0.3 is 0 Å². The highest BCUT2D eigenvalue weighted by Gasteiger charge is 2.13. The molecule has 0 aliphatic carbocycles. The molecule has 2 aromatic rings. The van der Waals surface area contributed by atoms with Gasteiger partial charge in [0, 0.05) is 37.2 Å². The Labute approximate surface area is 128 Å². The van der Waals surface area contributed by atoms with Crippen LogP contribution in [-0.4, -0.2) is 34.1 Å². The van der Waals surface area contributed by atoms with E-state index in [-0.39, 0.29) is 18.4 Å². The monoisotopic (exact) mass is 305 g/mol. The van der Waals surface area contributed by atoms with Crippen LogP contribution in [0.5, 0.6) is 0 Å². The second-order valence-electron chi connectivity index (χ2n) is 4.65. The van der Waals surface area contributed by atoms with E-state index >= 15 is 0 Å². The van der Waals surface area contributed by atoms with Crippen LogP contribution in [0.3, 0.4) is 0 Å². The maximum absolute atomic E-state index is 11.9. The Balaban J connectivity index is 1.88. The zero-order chi connectivity index (χ0) is 15.1. The Morgan fingerprint density at radius 2 is 2.14 bits per heavy atom. The van der Waals surface area contributed by atoms with Crippen molar-refractivity contribution in [3.63, 3.8) is 0 Å². The first-order chi connectivity index (χ1) is 10.2. The highest BCUT2D eigenvalue weighted by molar-refractivity contribution is 6.30. The maximum Gasteiger partial charge on any atom is 0.269 e. The minimum Gasteiger partial charge on any atom is -0.396 e. The fraction of sp³-hybridized carbons (Fsp3) is 0.267. The summed E-state index contributed by atoms with van der Waals surface area (Å²) in [6, 6.07) is 8.80. The van der Waals surface area contributed by atoms with E-state index in [1.165, 1.54) is 6.20 Å². The summed E-state index contributed by atoms with van der Waals surface area (Å²) in [6.45, 7) is 0.334. The molecule has 0 bridgehead atoms. The Hall–Kier alpha value is -1.98. The molecule has 1 amide bonds. The lowest BCUT2D eigenvalue weighted by atomic mass is 10.0. The van der Waals surface area contributed by atoms with Crippen molar-refractivity contribution in [2.75, 3.05) is 13.2 Å². The molecule has 2 heterocycles. The summed E-state index contributed by atoms with van der Waals surface area (Å²) in [5.74, 6) is -0.373. The zero-order valence-electron chi connectivity index (χ0n) is 11.4. The first-order valence-electron chi connectivity index (χ1n) is 6.59. The third-order valence-corrected chi connectivity index (χ3v) is 3.22. The molecular formula is C15H16ClN3O2. The van der Waals surface area contributed by atoms with Gasteiger partial charge in [-0.15, -0.1) is 0 Å². The topological polar surface area (TPSA) is 75.1 Å². The van der Waals surface area contributed by atoms with E-state index in [9.17, 15) is 9.90 Å². The molecule has 6 heteroatoms. The quantitative estimate of drug-likeness (QED) is 0.852. The van der Waals surface area contributed by atoms with Crippen LogP contribution in [0.4, 0.5) is 0 Å². The van der Waals surface area contributed by atoms with Crippen molar-refractivity contribution in [2.45, 2.75) is 6.42 Å². The van der Waals surface area contributed by atoms with E-state index in [0.717, 1.165) is 5.69 Å². The van der Waals surface area contributed by atoms with E-state index in [1.54, 1.807) is 18.3 Å². The predicted octanol–water partition coefficient (Wildman–Crippen LogP) is 1.71. The summed E-state index contributed by atoms with van der Waals surface area (Å²) >= 11 is 5.72. The molecule has 0 saturated heterocycles. The largest absolute Gasteiger partial charge is 0.396 e. The van der Waals surface area contributed by atoms with Crippen LogP contribution in [0.25, 0.3) is 0 Å². The molecule has 0 saturated carbocycles. The third-order valence-electron chi connectivity index (χ3n) is 2.99. The van der Waals surface area contributed by atoms with Crippen molar-refractivity contribution in [3.8, 4) is 0 Å². The van der Waals surface area contributed by atoms with Gasteiger partial charge in [0.15, 0.2) is 0 Å². The summed E-state index contributed by atoms with van der Waals surface area (Å²) < 4.78 is 0. The van der Waals surface area contributed by atoms with Crippen molar-refractivity contribution in [1.29, 1.82) is 0 Å². The first kappa shape index (κ1) is 15.4. The first-order valence-corrected chi connectivity index (χ1v) is 6.97. The van der Waals surface area contributed by atoms with E-state index in [4.69, 9.17) is 11.6 Å². The number of aliphatic hydroxyl groups excluding tert-OH is 1. The minimum atomic E-state index is -0.286.